The average molecular weight is 482 g/mol. The number of carbonyl (C=O) groups excluding carboxylic acids is 1. The molecule has 34 heavy (non-hydrogen) atoms. The highest BCUT2D eigenvalue weighted by Gasteiger charge is 2.28. The summed E-state index contributed by atoms with van der Waals surface area (Å²) in [5, 5.41) is 0.657. The minimum atomic E-state index is 0.0484. The van der Waals surface area contributed by atoms with E-state index in [4.69, 9.17) is 25.8 Å². The molecule has 0 spiro atoms. The summed E-state index contributed by atoms with van der Waals surface area (Å²) in [6.07, 6.45) is 5.46. The molecule has 0 aliphatic carbocycles. The van der Waals surface area contributed by atoms with E-state index in [2.05, 4.69) is 9.97 Å². The van der Waals surface area contributed by atoms with Crippen LogP contribution in [0, 0.1) is 0 Å². The van der Waals surface area contributed by atoms with Crippen LogP contribution in [-0.4, -0.2) is 55.2 Å². The van der Waals surface area contributed by atoms with Gasteiger partial charge < -0.3 is 19.1 Å². The number of likely N-dealkylation sites (tertiary alicyclic amines) is 1. The standard InChI is InChI=1S/C26H28ClN3O4/c1-32-22-11-17(12-23(33-2)26(22)34-3)13-24(31)30-10-6-7-18(15-30)25-20(14-28-16-29-25)19-8-4-5-9-21(19)27/h4-5,8-9,11-12,14,16,18H,6-7,10,13,15H2,1-3H3/t18-/m1/s1. The Labute approximate surface area is 204 Å². The van der Waals surface area contributed by atoms with Gasteiger partial charge in [0.2, 0.25) is 11.7 Å². The third kappa shape index (κ3) is 4.94. The maximum atomic E-state index is 13.3. The average Bonchev–Trinajstić information content (AvgIpc) is 2.88. The quantitative estimate of drug-likeness (QED) is 0.484. The number of amides is 1. The van der Waals surface area contributed by atoms with Crippen molar-refractivity contribution in [2.45, 2.75) is 25.2 Å². The number of piperidine rings is 1. The molecule has 1 saturated heterocycles. The van der Waals surface area contributed by atoms with Crippen LogP contribution in [0.5, 0.6) is 17.2 Å². The Morgan fingerprint density at radius 3 is 2.50 bits per heavy atom. The lowest BCUT2D eigenvalue weighted by Gasteiger charge is -2.33. The zero-order chi connectivity index (χ0) is 24.1. The first-order chi connectivity index (χ1) is 16.5. The zero-order valence-electron chi connectivity index (χ0n) is 19.6. The Morgan fingerprint density at radius 1 is 1.09 bits per heavy atom. The van der Waals surface area contributed by atoms with E-state index in [-0.39, 0.29) is 18.2 Å². The second kappa shape index (κ2) is 10.7. The number of halogens is 1. The van der Waals surface area contributed by atoms with E-state index >= 15 is 0 Å². The molecule has 1 aliphatic rings. The predicted octanol–water partition coefficient (Wildman–Crippen LogP) is 4.77. The Kier molecular flexibility index (Phi) is 7.53. The molecule has 2 aromatic carbocycles. The van der Waals surface area contributed by atoms with Crippen molar-refractivity contribution in [3.05, 3.63) is 65.2 Å². The van der Waals surface area contributed by atoms with Gasteiger partial charge in [-0.05, 0) is 36.6 Å². The molecule has 1 atom stereocenters. The first kappa shape index (κ1) is 23.8. The number of hydrogen-bond donors (Lipinski definition) is 0. The van der Waals surface area contributed by atoms with Crippen LogP contribution in [0.25, 0.3) is 11.1 Å². The number of ether oxygens (including phenoxy) is 3. The highest BCUT2D eigenvalue weighted by atomic mass is 35.5. The van der Waals surface area contributed by atoms with E-state index in [1.165, 1.54) is 0 Å². The van der Waals surface area contributed by atoms with Crippen molar-refractivity contribution in [1.82, 2.24) is 14.9 Å². The lowest BCUT2D eigenvalue weighted by atomic mass is 9.89. The second-order valence-electron chi connectivity index (χ2n) is 8.19. The molecule has 0 N–H and O–H groups in total. The number of benzene rings is 2. The van der Waals surface area contributed by atoms with Gasteiger partial charge in [-0.15, -0.1) is 0 Å². The predicted molar refractivity (Wildman–Crippen MR) is 131 cm³/mol. The monoisotopic (exact) mass is 481 g/mol. The lowest BCUT2D eigenvalue weighted by Crippen LogP contribution is -2.40. The van der Waals surface area contributed by atoms with E-state index in [1.54, 1.807) is 33.9 Å². The number of nitrogens with zero attached hydrogens (tertiary/aromatic N) is 3. The summed E-state index contributed by atoms with van der Waals surface area (Å²) in [4.78, 5) is 24.0. The van der Waals surface area contributed by atoms with Crippen molar-refractivity contribution in [2.24, 2.45) is 0 Å². The van der Waals surface area contributed by atoms with Crippen molar-refractivity contribution in [2.75, 3.05) is 34.4 Å². The molecule has 0 saturated carbocycles. The van der Waals surface area contributed by atoms with Gasteiger partial charge in [0.1, 0.15) is 6.33 Å². The maximum absolute atomic E-state index is 13.3. The fraction of sp³-hybridized carbons (Fsp3) is 0.346. The van der Waals surface area contributed by atoms with Crippen molar-refractivity contribution in [1.29, 1.82) is 0 Å². The minimum absolute atomic E-state index is 0.0484. The smallest absolute Gasteiger partial charge is 0.227 e. The molecular weight excluding hydrogens is 454 g/mol. The van der Waals surface area contributed by atoms with Crippen LogP contribution in [0.4, 0.5) is 0 Å². The van der Waals surface area contributed by atoms with Crippen molar-refractivity contribution >= 4 is 17.5 Å². The van der Waals surface area contributed by atoms with E-state index < -0.39 is 0 Å². The second-order valence-corrected chi connectivity index (χ2v) is 8.60. The number of hydrogen-bond acceptors (Lipinski definition) is 6. The van der Waals surface area contributed by atoms with Gasteiger partial charge in [0.15, 0.2) is 11.5 Å². The van der Waals surface area contributed by atoms with Crippen LogP contribution in [-0.2, 0) is 11.2 Å². The molecule has 1 amide bonds. The van der Waals surface area contributed by atoms with Gasteiger partial charge in [0, 0.05) is 41.4 Å². The highest BCUT2D eigenvalue weighted by Crippen LogP contribution is 2.39. The minimum Gasteiger partial charge on any atom is -0.493 e. The summed E-state index contributed by atoms with van der Waals surface area (Å²) in [7, 11) is 4.69. The van der Waals surface area contributed by atoms with E-state index in [0.29, 0.717) is 35.4 Å². The molecule has 1 aromatic heterocycles. The van der Waals surface area contributed by atoms with Crippen molar-refractivity contribution in [3.8, 4) is 28.4 Å². The molecule has 8 heteroatoms. The Balaban J connectivity index is 1.55. The molecule has 1 fully saturated rings. The number of carbonyl (C=O) groups is 1. The van der Waals surface area contributed by atoms with Gasteiger partial charge in [0.05, 0.1) is 33.4 Å². The summed E-state index contributed by atoms with van der Waals surface area (Å²) >= 11 is 6.46. The van der Waals surface area contributed by atoms with Gasteiger partial charge in [0.25, 0.3) is 0 Å². The van der Waals surface area contributed by atoms with Crippen molar-refractivity contribution < 1.29 is 19.0 Å². The molecule has 1 aliphatic heterocycles. The normalized spacial score (nSPS) is 15.6. The van der Waals surface area contributed by atoms with Gasteiger partial charge in [-0.2, -0.15) is 0 Å². The molecule has 0 bridgehead atoms. The third-order valence-corrected chi connectivity index (χ3v) is 6.48. The lowest BCUT2D eigenvalue weighted by molar-refractivity contribution is -0.131. The van der Waals surface area contributed by atoms with E-state index in [1.807, 2.05) is 41.3 Å². The Hall–Kier alpha value is -3.32. The van der Waals surface area contributed by atoms with Gasteiger partial charge in [-0.25, -0.2) is 9.97 Å². The third-order valence-electron chi connectivity index (χ3n) is 6.15. The molecule has 0 radical (unpaired) electrons. The summed E-state index contributed by atoms with van der Waals surface area (Å²) < 4.78 is 16.2. The molecule has 178 valence electrons. The van der Waals surface area contributed by atoms with Crippen LogP contribution in [0.3, 0.4) is 0 Å². The molecule has 7 nitrogen and oxygen atoms in total. The topological polar surface area (TPSA) is 73.8 Å². The fourth-order valence-corrected chi connectivity index (χ4v) is 4.74. The van der Waals surface area contributed by atoms with Gasteiger partial charge in [-0.3, -0.25) is 4.79 Å². The van der Waals surface area contributed by atoms with Crippen LogP contribution < -0.4 is 14.2 Å². The molecule has 0 unspecified atom stereocenters. The first-order valence-corrected chi connectivity index (χ1v) is 11.5. The molecule has 3 aromatic rings. The van der Waals surface area contributed by atoms with Crippen LogP contribution in [0.1, 0.15) is 30.0 Å². The molecule has 2 heterocycles. The Morgan fingerprint density at radius 2 is 1.82 bits per heavy atom. The summed E-state index contributed by atoms with van der Waals surface area (Å²) in [5.74, 6) is 1.73. The van der Waals surface area contributed by atoms with Gasteiger partial charge >= 0.3 is 0 Å². The first-order valence-electron chi connectivity index (χ1n) is 11.2. The zero-order valence-corrected chi connectivity index (χ0v) is 20.3. The maximum Gasteiger partial charge on any atom is 0.227 e. The van der Waals surface area contributed by atoms with E-state index in [0.717, 1.165) is 35.2 Å². The fourth-order valence-electron chi connectivity index (χ4n) is 4.50. The number of rotatable bonds is 7. The number of methoxy groups -OCH3 is 3. The number of aromatic nitrogens is 2. The SMILES string of the molecule is COc1cc(CC(=O)N2CCC[C@@H](c3ncncc3-c3ccccc3Cl)C2)cc(OC)c1OC. The van der Waals surface area contributed by atoms with Crippen molar-refractivity contribution in [3.63, 3.8) is 0 Å². The van der Waals surface area contributed by atoms with Crippen LogP contribution in [0.2, 0.25) is 5.02 Å². The summed E-state index contributed by atoms with van der Waals surface area (Å²) in [6, 6.07) is 11.3. The molecular formula is C26H28ClN3O4. The van der Waals surface area contributed by atoms with Crippen LogP contribution >= 0.6 is 11.6 Å². The largest absolute Gasteiger partial charge is 0.493 e. The summed E-state index contributed by atoms with van der Waals surface area (Å²) in [5.41, 5.74) is 3.55. The highest BCUT2D eigenvalue weighted by molar-refractivity contribution is 6.33. The van der Waals surface area contributed by atoms with Gasteiger partial charge in [-0.1, -0.05) is 29.8 Å². The summed E-state index contributed by atoms with van der Waals surface area (Å²) in [6.45, 7) is 1.31. The van der Waals surface area contributed by atoms with Crippen LogP contribution in [0.15, 0.2) is 48.9 Å². The Bertz CT molecular complexity index is 1150. The molecule has 4 rings (SSSR count). The van der Waals surface area contributed by atoms with E-state index in [9.17, 15) is 4.79 Å².